The summed E-state index contributed by atoms with van der Waals surface area (Å²) in [6.07, 6.45) is -0.332. The molecule has 1 fully saturated rings. The van der Waals surface area contributed by atoms with Gasteiger partial charge < -0.3 is 5.73 Å². The van der Waals surface area contributed by atoms with E-state index in [-0.39, 0.29) is 17.5 Å². The molecule has 0 aromatic heterocycles. The highest BCUT2D eigenvalue weighted by Crippen LogP contribution is 2.51. The Kier molecular flexibility index (Phi) is 3.98. The molecular formula is C17H17N3O2S2. The second-order valence-electron chi connectivity index (χ2n) is 5.76. The van der Waals surface area contributed by atoms with Gasteiger partial charge in [-0.15, -0.1) is 0 Å². The maximum Gasteiger partial charge on any atom is 0.212 e. The van der Waals surface area contributed by atoms with Gasteiger partial charge in [0.2, 0.25) is 9.84 Å². The quantitative estimate of drug-likeness (QED) is 0.776. The van der Waals surface area contributed by atoms with Gasteiger partial charge in [-0.2, -0.15) is 0 Å². The first-order chi connectivity index (χ1) is 11.6. The lowest BCUT2D eigenvalue weighted by atomic mass is 9.92. The number of benzene rings is 2. The topological polar surface area (TPSA) is 84.2 Å². The second kappa shape index (κ2) is 6.02. The zero-order valence-corrected chi connectivity index (χ0v) is 14.3. The third kappa shape index (κ3) is 2.49. The van der Waals surface area contributed by atoms with Crippen LogP contribution < -0.4 is 16.6 Å². The Balaban J connectivity index is 1.91. The summed E-state index contributed by atoms with van der Waals surface area (Å²) in [5.74, 6) is -0.106. The number of thioether (sulfide) groups is 1. The maximum absolute atomic E-state index is 13.2. The van der Waals surface area contributed by atoms with E-state index in [4.69, 9.17) is 5.73 Å². The van der Waals surface area contributed by atoms with Crippen molar-refractivity contribution in [1.82, 2.24) is 10.9 Å². The van der Waals surface area contributed by atoms with Crippen LogP contribution in [0.3, 0.4) is 0 Å². The number of sulfone groups is 1. The average Bonchev–Trinajstić information content (AvgIpc) is 3.17. The summed E-state index contributed by atoms with van der Waals surface area (Å²) in [4.78, 5) is 0.308. The standard InChI is InChI=1S/C17H17N3O2S2/c18-15-14-13(11-7-3-1-4-8-11)17(23-16(14)20-19-15)24(21,22)12-9-5-2-6-10-12/h1-10,14-16,19-20H,18H2. The lowest BCUT2D eigenvalue weighted by Crippen LogP contribution is -2.39. The molecule has 2 aromatic rings. The van der Waals surface area contributed by atoms with Crippen LogP contribution in [0.5, 0.6) is 0 Å². The zero-order chi connectivity index (χ0) is 16.7. The first-order valence-electron chi connectivity index (χ1n) is 7.62. The van der Waals surface area contributed by atoms with Gasteiger partial charge in [0.1, 0.15) is 4.24 Å². The molecule has 4 rings (SSSR count). The maximum atomic E-state index is 13.2. The highest BCUT2D eigenvalue weighted by molar-refractivity contribution is 8.19. The first-order valence-corrected chi connectivity index (χ1v) is 9.98. The normalized spacial score (nSPS) is 26.6. The lowest BCUT2D eigenvalue weighted by Gasteiger charge is -2.17. The predicted octanol–water partition coefficient (Wildman–Crippen LogP) is 1.91. The van der Waals surface area contributed by atoms with E-state index in [1.54, 1.807) is 24.3 Å². The Labute approximate surface area is 145 Å². The number of hydrazine groups is 1. The van der Waals surface area contributed by atoms with Crippen LogP contribution in [0.15, 0.2) is 69.8 Å². The van der Waals surface area contributed by atoms with Crippen molar-refractivity contribution in [2.75, 3.05) is 0 Å². The highest BCUT2D eigenvalue weighted by atomic mass is 32.3. The molecule has 1 saturated heterocycles. The Morgan fingerprint density at radius 3 is 2.21 bits per heavy atom. The number of fused-ring (bicyclic) bond motifs is 1. The van der Waals surface area contributed by atoms with E-state index in [0.29, 0.717) is 9.13 Å². The highest BCUT2D eigenvalue weighted by Gasteiger charge is 2.47. The molecule has 5 nitrogen and oxygen atoms in total. The molecule has 0 aliphatic carbocycles. The summed E-state index contributed by atoms with van der Waals surface area (Å²) in [5.41, 5.74) is 14.0. The van der Waals surface area contributed by atoms with E-state index >= 15 is 0 Å². The summed E-state index contributed by atoms with van der Waals surface area (Å²) in [5, 5.41) is -0.0938. The summed E-state index contributed by atoms with van der Waals surface area (Å²) >= 11 is 1.33. The van der Waals surface area contributed by atoms with Gasteiger partial charge in [-0.3, -0.25) is 0 Å². The van der Waals surface area contributed by atoms with Gasteiger partial charge in [-0.05, 0) is 23.3 Å². The van der Waals surface area contributed by atoms with E-state index in [1.165, 1.54) is 11.8 Å². The molecule has 2 aliphatic rings. The fourth-order valence-corrected chi connectivity index (χ4v) is 6.71. The van der Waals surface area contributed by atoms with E-state index in [0.717, 1.165) is 11.1 Å². The van der Waals surface area contributed by atoms with Crippen molar-refractivity contribution in [3.8, 4) is 0 Å². The van der Waals surface area contributed by atoms with Gasteiger partial charge in [-0.1, -0.05) is 60.3 Å². The minimum atomic E-state index is -3.58. The van der Waals surface area contributed by atoms with E-state index in [2.05, 4.69) is 10.9 Å². The average molecular weight is 359 g/mol. The minimum absolute atomic E-state index is 0.0938. The number of rotatable bonds is 3. The molecule has 3 atom stereocenters. The van der Waals surface area contributed by atoms with E-state index < -0.39 is 9.84 Å². The van der Waals surface area contributed by atoms with Gasteiger partial charge in [0.15, 0.2) is 0 Å². The molecule has 0 radical (unpaired) electrons. The van der Waals surface area contributed by atoms with Crippen molar-refractivity contribution in [1.29, 1.82) is 0 Å². The van der Waals surface area contributed by atoms with Crippen molar-refractivity contribution in [2.45, 2.75) is 16.4 Å². The third-order valence-electron chi connectivity index (χ3n) is 4.27. The van der Waals surface area contributed by atoms with Gasteiger partial charge in [-0.25, -0.2) is 19.3 Å². The summed E-state index contributed by atoms with van der Waals surface area (Å²) in [7, 11) is -3.58. The van der Waals surface area contributed by atoms with E-state index in [9.17, 15) is 8.42 Å². The molecule has 2 aromatic carbocycles. The molecule has 4 N–H and O–H groups in total. The minimum Gasteiger partial charge on any atom is -0.314 e. The first kappa shape index (κ1) is 15.9. The second-order valence-corrected chi connectivity index (χ2v) is 9.06. The third-order valence-corrected chi connectivity index (χ3v) is 7.92. The zero-order valence-electron chi connectivity index (χ0n) is 12.7. The summed E-state index contributed by atoms with van der Waals surface area (Å²) in [6.45, 7) is 0. The summed E-state index contributed by atoms with van der Waals surface area (Å²) in [6, 6.07) is 18.2. The lowest BCUT2D eigenvalue weighted by molar-refractivity contribution is 0.539. The van der Waals surface area contributed by atoms with Crippen molar-refractivity contribution in [2.24, 2.45) is 11.7 Å². The van der Waals surface area contributed by atoms with Crippen molar-refractivity contribution in [3.05, 3.63) is 70.5 Å². The predicted molar refractivity (Wildman–Crippen MR) is 96.1 cm³/mol. The van der Waals surface area contributed by atoms with Crippen LogP contribution >= 0.6 is 11.8 Å². The summed E-state index contributed by atoms with van der Waals surface area (Å²) < 4.78 is 26.8. The molecule has 124 valence electrons. The molecule has 0 bridgehead atoms. The smallest absolute Gasteiger partial charge is 0.212 e. The molecule has 2 aliphatic heterocycles. The molecule has 7 heteroatoms. The molecule has 0 spiro atoms. The molecule has 3 unspecified atom stereocenters. The molecular weight excluding hydrogens is 342 g/mol. The van der Waals surface area contributed by atoms with Gasteiger partial charge >= 0.3 is 0 Å². The Morgan fingerprint density at radius 1 is 0.917 bits per heavy atom. The van der Waals surface area contributed by atoms with Crippen molar-refractivity contribution < 1.29 is 8.42 Å². The number of hydrogen-bond donors (Lipinski definition) is 3. The van der Waals surface area contributed by atoms with Crippen molar-refractivity contribution in [3.63, 3.8) is 0 Å². The van der Waals surface area contributed by atoms with Crippen molar-refractivity contribution >= 4 is 27.2 Å². The van der Waals surface area contributed by atoms with E-state index in [1.807, 2.05) is 36.4 Å². The molecule has 0 amide bonds. The number of nitrogens with two attached hydrogens (primary N) is 1. The Morgan fingerprint density at radius 2 is 1.54 bits per heavy atom. The van der Waals surface area contributed by atoms with Crippen LogP contribution in [0, 0.1) is 5.92 Å². The van der Waals surface area contributed by atoms with Crippen LogP contribution in [-0.4, -0.2) is 20.0 Å². The Bertz CT molecular complexity index is 883. The molecule has 2 heterocycles. The van der Waals surface area contributed by atoms with Gasteiger partial charge in [0.25, 0.3) is 0 Å². The van der Waals surface area contributed by atoms with Crippen LogP contribution in [0.2, 0.25) is 0 Å². The fourth-order valence-electron chi connectivity index (χ4n) is 3.14. The number of hydrogen-bond acceptors (Lipinski definition) is 6. The molecule has 0 saturated carbocycles. The fraction of sp³-hybridized carbons (Fsp3) is 0.176. The van der Waals surface area contributed by atoms with Gasteiger partial charge in [0.05, 0.1) is 16.4 Å². The largest absolute Gasteiger partial charge is 0.314 e. The molecule has 24 heavy (non-hydrogen) atoms. The van der Waals surface area contributed by atoms with Crippen LogP contribution in [-0.2, 0) is 9.84 Å². The number of nitrogens with one attached hydrogen (secondary N) is 2. The SMILES string of the molecule is NC1NNC2SC(S(=O)(=O)c3ccccc3)=C(c3ccccc3)C12. The Hall–Kier alpha value is -1.64. The van der Waals surface area contributed by atoms with Crippen LogP contribution in [0.25, 0.3) is 5.57 Å². The van der Waals surface area contributed by atoms with Gasteiger partial charge in [0, 0.05) is 5.92 Å². The van der Waals surface area contributed by atoms with Crippen LogP contribution in [0.1, 0.15) is 5.56 Å². The van der Waals surface area contributed by atoms with Crippen LogP contribution in [0.4, 0.5) is 0 Å². The monoisotopic (exact) mass is 359 g/mol.